The lowest BCUT2D eigenvalue weighted by Crippen LogP contribution is -2.24. The molecule has 3 rings (SSSR count). The molecule has 1 N–H and O–H groups in total. The number of methoxy groups -OCH3 is 1. The first-order valence-electron chi connectivity index (χ1n) is 7.04. The number of carboxylic acids is 1. The van der Waals surface area contributed by atoms with Gasteiger partial charge in [0.1, 0.15) is 5.75 Å². The minimum atomic E-state index is -0.767. The van der Waals surface area contributed by atoms with E-state index in [0.717, 1.165) is 41.0 Å². The molecule has 118 valence electrons. The van der Waals surface area contributed by atoms with Crippen LogP contribution in [-0.2, 0) is 11.2 Å². The Kier molecular flexibility index (Phi) is 4.76. The lowest BCUT2D eigenvalue weighted by molar-refractivity contribution is -0.136. The summed E-state index contributed by atoms with van der Waals surface area (Å²) in [6.07, 6.45) is 1.06. The predicted octanol–water partition coefficient (Wildman–Crippen LogP) is 2.81. The molecular weight excluding hydrogens is 304 g/mol. The normalized spacial score (nSPS) is 12.9. The minimum Gasteiger partial charge on any atom is -0.497 e. The van der Waals surface area contributed by atoms with Crippen molar-refractivity contribution in [2.75, 3.05) is 25.1 Å². The Morgan fingerprint density at radius 3 is 2.91 bits per heavy atom. The summed E-state index contributed by atoms with van der Waals surface area (Å²) in [5.41, 5.74) is 4.30. The van der Waals surface area contributed by atoms with Gasteiger partial charge in [-0.05, 0) is 37.1 Å². The molecule has 0 amide bonds. The number of hydrogen-bond acceptors (Lipinski definition) is 4. The number of fused-ring (bicyclic) bond motifs is 3. The third-order valence-corrected chi connectivity index (χ3v) is 4.01. The van der Waals surface area contributed by atoms with Crippen molar-refractivity contribution in [3.8, 4) is 5.75 Å². The molecule has 0 saturated heterocycles. The van der Waals surface area contributed by atoms with Crippen molar-refractivity contribution in [1.82, 2.24) is 4.98 Å². The van der Waals surface area contributed by atoms with E-state index < -0.39 is 5.97 Å². The van der Waals surface area contributed by atoms with E-state index in [1.165, 1.54) is 5.56 Å². The molecule has 0 radical (unpaired) electrons. The average molecular weight is 323 g/mol. The smallest absolute Gasteiger partial charge is 0.305 e. The van der Waals surface area contributed by atoms with Crippen LogP contribution < -0.4 is 9.64 Å². The molecule has 2 heterocycles. The Bertz CT molecular complexity index is 718. The molecule has 0 unspecified atom stereocenters. The zero-order chi connectivity index (χ0) is 15.0. The van der Waals surface area contributed by atoms with Gasteiger partial charge in [0.15, 0.2) is 0 Å². The fourth-order valence-corrected chi connectivity index (χ4v) is 2.98. The van der Waals surface area contributed by atoms with Gasteiger partial charge >= 0.3 is 5.97 Å². The maximum absolute atomic E-state index is 10.8. The van der Waals surface area contributed by atoms with Crippen LogP contribution in [0, 0.1) is 6.92 Å². The number of hydrogen-bond donors (Lipinski definition) is 1. The van der Waals surface area contributed by atoms with Crippen molar-refractivity contribution in [2.24, 2.45) is 0 Å². The van der Waals surface area contributed by atoms with Crippen molar-refractivity contribution < 1.29 is 14.6 Å². The second-order valence-corrected chi connectivity index (χ2v) is 5.29. The molecule has 0 spiro atoms. The quantitative estimate of drug-likeness (QED) is 0.937. The molecule has 1 aromatic heterocycles. The van der Waals surface area contributed by atoms with Gasteiger partial charge in [0.05, 0.1) is 24.7 Å². The van der Waals surface area contributed by atoms with Crippen LogP contribution in [0.5, 0.6) is 5.75 Å². The SMILES string of the molecule is COc1ccc2nc(C)c3c(c2c1)N(CCC(=O)O)CC3.Cl. The maximum Gasteiger partial charge on any atom is 0.305 e. The monoisotopic (exact) mass is 322 g/mol. The minimum absolute atomic E-state index is 0. The van der Waals surface area contributed by atoms with E-state index in [-0.39, 0.29) is 18.8 Å². The highest BCUT2D eigenvalue weighted by atomic mass is 35.5. The number of carboxylic acid groups (broad SMARTS) is 1. The maximum atomic E-state index is 10.8. The molecule has 1 aliphatic heterocycles. The molecule has 2 aromatic rings. The number of benzene rings is 1. The van der Waals surface area contributed by atoms with Crippen molar-refractivity contribution in [3.63, 3.8) is 0 Å². The van der Waals surface area contributed by atoms with Gasteiger partial charge in [-0.2, -0.15) is 0 Å². The summed E-state index contributed by atoms with van der Waals surface area (Å²) < 4.78 is 5.31. The summed E-state index contributed by atoms with van der Waals surface area (Å²) in [7, 11) is 1.64. The van der Waals surface area contributed by atoms with Crippen LogP contribution in [0.25, 0.3) is 10.9 Å². The summed E-state index contributed by atoms with van der Waals surface area (Å²) in [6, 6.07) is 5.84. The predicted molar refractivity (Wildman–Crippen MR) is 88.4 cm³/mol. The number of carbonyl (C=O) groups is 1. The number of halogens is 1. The summed E-state index contributed by atoms with van der Waals surface area (Å²) >= 11 is 0. The van der Waals surface area contributed by atoms with Gasteiger partial charge < -0.3 is 14.7 Å². The summed E-state index contributed by atoms with van der Waals surface area (Å²) in [6.45, 7) is 3.39. The second kappa shape index (κ2) is 6.40. The number of aromatic nitrogens is 1. The fraction of sp³-hybridized carbons (Fsp3) is 0.375. The number of rotatable bonds is 4. The molecule has 0 saturated carbocycles. The number of aryl methyl sites for hydroxylation is 1. The van der Waals surface area contributed by atoms with E-state index in [1.54, 1.807) is 7.11 Å². The highest BCUT2D eigenvalue weighted by Crippen LogP contribution is 2.38. The van der Waals surface area contributed by atoms with Crippen LogP contribution in [0.2, 0.25) is 0 Å². The highest BCUT2D eigenvalue weighted by molar-refractivity contribution is 5.96. The van der Waals surface area contributed by atoms with Gasteiger partial charge in [0.2, 0.25) is 0 Å². The van der Waals surface area contributed by atoms with E-state index in [1.807, 2.05) is 25.1 Å². The molecule has 5 nitrogen and oxygen atoms in total. The zero-order valence-corrected chi connectivity index (χ0v) is 13.4. The Balaban J connectivity index is 0.00000176. The highest BCUT2D eigenvalue weighted by Gasteiger charge is 2.25. The van der Waals surface area contributed by atoms with Crippen LogP contribution in [0.4, 0.5) is 5.69 Å². The first kappa shape index (κ1) is 16.4. The zero-order valence-electron chi connectivity index (χ0n) is 12.6. The molecule has 1 aromatic carbocycles. The van der Waals surface area contributed by atoms with Gasteiger partial charge in [-0.25, -0.2) is 0 Å². The van der Waals surface area contributed by atoms with Crippen molar-refractivity contribution in [2.45, 2.75) is 19.8 Å². The third-order valence-electron chi connectivity index (χ3n) is 4.01. The van der Waals surface area contributed by atoms with Gasteiger partial charge in [0, 0.05) is 24.2 Å². The Morgan fingerprint density at radius 2 is 2.23 bits per heavy atom. The van der Waals surface area contributed by atoms with Crippen LogP contribution in [0.1, 0.15) is 17.7 Å². The summed E-state index contributed by atoms with van der Waals surface area (Å²) in [5.74, 6) is 0.0246. The number of anilines is 1. The largest absolute Gasteiger partial charge is 0.497 e. The Labute approximate surface area is 135 Å². The third kappa shape index (κ3) is 2.81. The van der Waals surface area contributed by atoms with Crippen LogP contribution in [-0.4, -0.2) is 36.3 Å². The first-order valence-corrected chi connectivity index (χ1v) is 7.04. The number of aliphatic carboxylic acids is 1. The fourth-order valence-electron chi connectivity index (χ4n) is 2.98. The molecule has 6 heteroatoms. The molecule has 0 fully saturated rings. The van der Waals surface area contributed by atoms with Gasteiger partial charge in [-0.3, -0.25) is 9.78 Å². The van der Waals surface area contributed by atoms with Gasteiger partial charge in [-0.1, -0.05) is 0 Å². The summed E-state index contributed by atoms with van der Waals surface area (Å²) in [5, 5.41) is 9.95. The van der Waals surface area contributed by atoms with E-state index in [4.69, 9.17) is 9.84 Å². The number of pyridine rings is 1. The van der Waals surface area contributed by atoms with Crippen molar-refractivity contribution in [1.29, 1.82) is 0 Å². The molecular formula is C16H19ClN2O3. The van der Waals surface area contributed by atoms with E-state index in [0.29, 0.717) is 6.54 Å². The second-order valence-electron chi connectivity index (χ2n) is 5.29. The molecule has 0 bridgehead atoms. The molecule has 1 aliphatic rings. The van der Waals surface area contributed by atoms with Crippen LogP contribution in [0.3, 0.4) is 0 Å². The number of ether oxygens (including phenoxy) is 1. The van der Waals surface area contributed by atoms with E-state index in [2.05, 4.69) is 9.88 Å². The van der Waals surface area contributed by atoms with E-state index >= 15 is 0 Å². The molecule has 0 aliphatic carbocycles. The average Bonchev–Trinajstić information content (AvgIpc) is 2.90. The molecule has 0 atom stereocenters. The first-order chi connectivity index (χ1) is 10.1. The number of nitrogens with zero attached hydrogens (tertiary/aromatic N) is 2. The van der Waals surface area contributed by atoms with Crippen molar-refractivity contribution in [3.05, 3.63) is 29.5 Å². The Morgan fingerprint density at radius 1 is 1.45 bits per heavy atom. The lowest BCUT2D eigenvalue weighted by atomic mass is 10.1. The van der Waals surface area contributed by atoms with Crippen LogP contribution in [0.15, 0.2) is 18.2 Å². The molecule has 22 heavy (non-hydrogen) atoms. The van der Waals surface area contributed by atoms with Crippen LogP contribution >= 0.6 is 12.4 Å². The van der Waals surface area contributed by atoms with Crippen molar-refractivity contribution >= 4 is 35.0 Å². The Hall–Kier alpha value is -2.01. The lowest BCUT2D eigenvalue weighted by Gasteiger charge is -2.20. The van der Waals surface area contributed by atoms with E-state index in [9.17, 15) is 4.79 Å². The van der Waals surface area contributed by atoms with Gasteiger partial charge in [0.25, 0.3) is 0 Å². The standard InChI is InChI=1S/C16H18N2O3.ClH/c1-10-12-5-7-18(8-6-15(19)20)16(12)13-9-11(21-2)3-4-14(13)17-10;/h3-4,9H,5-8H2,1-2H3,(H,19,20);1H. The topological polar surface area (TPSA) is 62.7 Å². The summed E-state index contributed by atoms with van der Waals surface area (Å²) in [4.78, 5) is 17.6. The van der Waals surface area contributed by atoms with Gasteiger partial charge in [-0.15, -0.1) is 12.4 Å².